The summed E-state index contributed by atoms with van der Waals surface area (Å²) in [7, 11) is -3.45. The summed E-state index contributed by atoms with van der Waals surface area (Å²) >= 11 is 6.00. The lowest BCUT2D eigenvalue weighted by Crippen LogP contribution is -2.83. The summed E-state index contributed by atoms with van der Waals surface area (Å²) in [6.45, 7) is 2.52. The van der Waals surface area contributed by atoms with E-state index in [2.05, 4.69) is 0 Å². The topological polar surface area (TPSA) is 130 Å². The molecule has 2 atom stereocenters. The van der Waals surface area contributed by atoms with Crippen molar-refractivity contribution in [1.82, 2.24) is 14.1 Å². The van der Waals surface area contributed by atoms with Crippen LogP contribution < -0.4 is 10.5 Å². The number of piperazine rings is 1. The molecule has 0 aliphatic carbocycles. The van der Waals surface area contributed by atoms with E-state index in [1.807, 2.05) is 0 Å². The molecule has 2 aromatic carbocycles. The molecule has 0 radical (unpaired) electrons. The van der Waals surface area contributed by atoms with Crippen LogP contribution in [0.25, 0.3) is 0 Å². The molecular weight excluding hydrogens is 539 g/mol. The number of hydrogen-bond donors (Lipinski definition) is 1. The number of sulfonamides is 1. The van der Waals surface area contributed by atoms with Crippen molar-refractivity contribution in [3.05, 3.63) is 58.9 Å². The largest absolute Gasteiger partial charge is 0.495 e. The van der Waals surface area contributed by atoms with Gasteiger partial charge >= 0.3 is 0 Å². The monoisotopic (exact) mass is 566 g/mol. The van der Waals surface area contributed by atoms with E-state index in [1.165, 1.54) is 12.0 Å². The third kappa shape index (κ3) is 4.50. The van der Waals surface area contributed by atoms with Gasteiger partial charge in [0.1, 0.15) is 22.5 Å². The number of carbonyl (C=O) groups is 3. The summed E-state index contributed by atoms with van der Waals surface area (Å²) in [5.41, 5.74) is 4.30. The first-order chi connectivity index (χ1) is 17.8. The summed E-state index contributed by atoms with van der Waals surface area (Å²) in [4.78, 5) is 42.3. The molecule has 38 heavy (non-hydrogen) atoms. The molecule has 0 saturated carbocycles. The fourth-order valence-electron chi connectivity index (χ4n) is 5.10. The second kappa shape index (κ2) is 10.2. The Kier molecular flexibility index (Phi) is 7.43. The summed E-state index contributed by atoms with van der Waals surface area (Å²) in [6.07, 6.45) is -0.338. The highest BCUT2D eigenvalue weighted by Gasteiger charge is 2.64. The molecule has 2 saturated heterocycles. The van der Waals surface area contributed by atoms with Crippen molar-refractivity contribution in [2.45, 2.75) is 49.3 Å². The molecule has 0 spiro atoms. The van der Waals surface area contributed by atoms with E-state index in [0.717, 1.165) is 27.4 Å². The number of fused-ring (bicyclic) bond motifs is 1. The van der Waals surface area contributed by atoms with Gasteiger partial charge < -0.3 is 20.3 Å². The van der Waals surface area contributed by atoms with Crippen LogP contribution >= 0.6 is 11.6 Å². The molecule has 204 valence electrons. The highest BCUT2D eigenvalue weighted by molar-refractivity contribution is 7.89. The zero-order valence-electron chi connectivity index (χ0n) is 21.1. The quantitative estimate of drug-likeness (QED) is 0.543. The van der Waals surface area contributed by atoms with Gasteiger partial charge in [-0.3, -0.25) is 14.4 Å². The summed E-state index contributed by atoms with van der Waals surface area (Å²) in [5.74, 6) is -3.19. The molecule has 10 nitrogen and oxygen atoms in total. The first-order valence-corrected chi connectivity index (χ1v) is 13.7. The lowest BCUT2D eigenvalue weighted by atomic mass is 9.90. The van der Waals surface area contributed by atoms with E-state index in [-0.39, 0.29) is 18.6 Å². The van der Waals surface area contributed by atoms with Crippen LogP contribution in [0.15, 0.2) is 47.4 Å². The van der Waals surface area contributed by atoms with Gasteiger partial charge in [0.05, 0.1) is 13.7 Å². The van der Waals surface area contributed by atoms with Gasteiger partial charge in [-0.05, 0) is 49.7 Å². The second-order valence-electron chi connectivity index (χ2n) is 9.47. The third-order valence-corrected chi connectivity index (χ3v) is 9.12. The maximum Gasteiger partial charge on any atom is 0.261 e. The van der Waals surface area contributed by atoms with Crippen molar-refractivity contribution in [3.63, 3.8) is 0 Å². The molecule has 0 aromatic heterocycles. The highest BCUT2D eigenvalue weighted by atomic mass is 35.5. The van der Waals surface area contributed by atoms with Gasteiger partial charge in [-0.15, -0.1) is 0 Å². The van der Waals surface area contributed by atoms with Crippen molar-refractivity contribution >= 4 is 39.3 Å². The zero-order chi connectivity index (χ0) is 28.0. The van der Waals surface area contributed by atoms with Crippen molar-refractivity contribution in [2.75, 3.05) is 20.2 Å². The number of amides is 3. The van der Waals surface area contributed by atoms with Crippen LogP contribution in [0.5, 0.6) is 5.75 Å². The molecule has 2 fully saturated rings. The van der Waals surface area contributed by atoms with Gasteiger partial charge in [0.25, 0.3) is 5.91 Å². The molecule has 13 heteroatoms. The van der Waals surface area contributed by atoms with Crippen LogP contribution in [-0.2, 0) is 30.8 Å². The number of nitrogens with two attached hydrogens (primary N) is 1. The number of primary amides is 1. The Bertz CT molecular complexity index is 1390. The van der Waals surface area contributed by atoms with Gasteiger partial charge in [-0.25, -0.2) is 12.8 Å². The van der Waals surface area contributed by atoms with E-state index in [9.17, 15) is 27.2 Å². The smallest absolute Gasteiger partial charge is 0.261 e. The Morgan fingerprint density at radius 1 is 1.21 bits per heavy atom. The number of methoxy groups -OCH3 is 1. The standard InChI is InChI=1S/C25H28ClFN4O6S/c1-15(2)29-14-25(24(28)34)30(38(35,36)21-13-18(27)8-9-20(21)37-3)11-10-22(32)31(25)19(23(29)33)12-16-4-6-17(26)7-5-16/h4-9,13,15,19H,10-12,14H2,1-3H3,(H2,28,34). The zero-order valence-corrected chi connectivity index (χ0v) is 22.6. The molecule has 0 bridgehead atoms. The predicted octanol–water partition coefficient (Wildman–Crippen LogP) is 1.75. The number of carbonyl (C=O) groups excluding carboxylic acids is 3. The van der Waals surface area contributed by atoms with E-state index in [0.29, 0.717) is 10.6 Å². The molecule has 2 aromatic rings. The van der Waals surface area contributed by atoms with E-state index in [4.69, 9.17) is 22.1 Å². The van der Waals surface area contributed by atoms with Gasteiger partial charge in [0, 0.05) is 30.5 Å². The van der Waals surface area contributed by atoms with E-state index in [1.54, 1.807) is 38.1 Å². The van der Waals surface area contributed by atoms with Crippen LogP contribution in [-0.4, -0.2) is 78.2 Å². The number of halogens is 2. The molecule has 2 heterocycles. The molecule has 2 unspecified atom stereocenters. The average molecular weight is 567 g/mol. The molecule has 3 amide bonds. The normalized spacial score (nSPS) is 22.5. The van der Waals surface area contributed by atoms with Crippen molar-refractivity contribution in [1.29, 1.82) is 0 Å². The average Bonchev–Trinajstić information content (AvgIpc) is 2.86. The van der Waals surface area contributed by atoms with Crippen LogP contribution in [0.4, 0.5) is 4.39 Å². The Hall–Kier alpha value is -3.22. The summed E-state index contributed by atoms with van der Waals surface area (Å²) < 4.78 is 48.3. The number of nitrogens with zero attached hydrogens (tertiary/aromatic N) is 3. The highest BCUT2D eigenvalue weighted by Crippen LogP contribution is 2.41. The van der Waals surface area contributed by atoms with Crippen LogP contribution in [0, 0.1) is 5.82 Å². The van der Waals surface area contributed by atoms with Gasteiger partial charge in [-0.1, -0.05) is 23.7 Å². The maximum atomic E-state index is 14.2. The molecule has 2 aliphatic heterocycles. The number of benzene rings is 2. The van der Waals surface area contributed by atoms with Gasteiger partial charge in [-0.2, -0.15) is 4.31 Å². The van der Waals surface area contributed by atoms with Gasteiger partial charge in [0.2, 0.25) is 27.5 Å². The van der Waals surface area contributed by atoms with E-state index >= 15 is 0 Å². The molecule has 2 N–H and O–H groups in total. The Morgan fingerprint density at radius 3 is 2.45 bits per heavy atom. The molecule has 2 aliphatic rings. The van der Waals surface area contributed by atoms with Crippen molar-refractivity contribution in [2.24, 2.45) is 5.73 Å². The number of rotatable bonds is 7. The minimum atomic E-state index is -4.67. The third-order valence-electron chi connectivity index (χ3n) is 6.93. The Labute approximate surface area is 225 Å². The second-order valence-corrected chi connectivity index (χ2v) is 11.7. The van der Waals surface area contributed by atoms with Crippen LogP contribution in [0.2, 0.25) is 5.02 Å². The van der Waals surface area contributed by atoms with Gasteiger partial charge in [0.15, 0.2) is 0 Å². The SMILES string of the molecule is COc1ccc(F)cc1S(=O)(=O)N1CCC(=O)N2C(Cc3ccc(Cl)cc3)C(=O)N(C(C)C)CC21C(N)=O. The first-order valence-electron chi connectivity index (χ1n) is 11.9. The summed E-state index contributed by atoms with van der Waals surface area (Å²) in [6, 6.07) is 7.87. The minimum Gasteiger partial charge on any atom is -0.495 e. The van der Waals surface area contributed by atoms with Crippen molar-refractivity contribution in [3.8, 4) is 5.75 Å². The Morgan fingerprint density at radius 2 is 1.87 bits per heavy atom. The van der Waals surface area contributed by atoms with Crippen LogP contribution in [0.1, 0.15) is 25.8 Å². The first kappa shape index (κ1) is 27.8. The van der Waals surface area contributed by atoms with Crippen LogP contribution in [0.3, 0.4) is 0 Å². The number of hydrogen-bond acceptors (Lipinski definition) is 6. The van der Waals surface area contributed by atoms with E-state index < -0.39 is 69.3 Å². The lowest BCUT2D eigenvalue weighted by molar-refractivity contribution is -0.186. The minimum absolute atomic E-state index is 0.0167. The fraction of sp³-hybridized carbons (Fsp3) is 0.400. The van der Waals surface area contributed by atoms with Crippen molar-refractivity contribution < 1.29 is 31.9 Å². The lowest BCUT2D eigenvalue weighted by Gasteiger charge is -2.58. The number of ether oxygens (including phenoxy) is 1. The fourth-order valence-corrected chi connectivity index (χ4v) is 7.10. The maximum absolute atomic E-state index is 14.2. The molecule has 4 rings (SSSR count). The summed E-state index contributed by atoms with van der Waals surface area (Å²) in [5, 5.41) is 0.467. The molecular formula is C25H28ClFN4O6S. The Balaban J connectivity index is 1.93. The predicted molar refractivity (Wildman–Crippen MR) is 136 cm³/mol.